The number of carbonyl (C=O) groups is 1. The van der Waals surface area contributed by atoms with Crippen LogP contribution in [0.3, 0.4) is 0 Å². The summed E-state index contributed by atoms with van der Waals surface area (Å²) < 4.78 is 37.6. The van der Waals surface area contributed by atoms with E-state index in [2.05, 4.69) is 9.97 Å². The summed E-state index contributed by atoms with van der Waals surface area (Å²) in [5, 5.41) is -0.459. The predicted molar refractivity (Wildman–Crippen MR) is 51.0 cm³/mol. The van der Waals surface area contributed by atoms with E-state index in [-0.39, 0.29) is 24.2 Å². The molecule has 0 fully saturated rings. The largest absolute Gasteiger partial charge is 0.433 e. The number of halogens is 4. The Morgan fingerprint density at radius 1 is 1.50 bits per heavy atom. The Morgan fingerprint density at radius 3 is 2.62 bits per heavy atom. The van der Waals surface area contributed by atoms with Crippen molar-refractivity contribution in [2.24, 2.45) is 0 Å². The van der Waals surface area contributed by atoms with Crippen LogP contribution in [0.4, 0.5) is 13.2 Å². The predicted octanol–water partition coefficient (Wildman–Crippen LogP) is 2.67. The lowest BCUT2D eigenvalue weighted by molar-refractivity contribution is -0.142. The summed E-state index contributed by atoms with van der Waals surface area (Å²) in [6.07, 6.45) is -3.60. The quantitative estimate of drug-likeness (QED) is 0.777. The molecule has 0 bridgehead atoms. The van der Waals surface area contributed by atoms with Crippen molar-refractivity contribution in [3.63, 3.8) is 0 Å². The Labute approximate surface area is 94.7 Å². The molecular weight excluding hydrogens is 245 g/mol. The second-order valence-electron chi connectivity index (χ2n) is 3.21. The molecule has 1 aromatic heterocycles. The van der Waals surface area contributed by atoms with Crippen molar-refractivity contribution in [2.75, 3.05) is 0 Å². The molecule has 88 valence electrons. The fourth-order valence-corrected chi connectivity index (χ4v) is 1.26. The maximum Gasteiger partial charge on any atom is 0.433 e. The Bertz CT molecular complexity index is 406. The second kappa shape index (κ2) is 4.78. The first-order valence-electron chi connectivity index (χ1n) is 4.38. The van der Waals surface area contributed by atoms with Gasteiger partial charge >= 0.3 is 6.18 Å². The van der Waals surface area contributed by atoms with Gasteiger partial charge < -0.3 is 4.79 Å². The number of aryl methyl sites for hydroxylation is 1. The Balaban J connectivity index is 3.03. The first kappa shape index (κ1) is 12.9. The van der Waals surface area contributed by atoms with Gasteiger partial charge in [0.2, 0.25) is 5.28 Å². The van der Waals surface area contributed by atoms with E-state index >= 15 is 0 Å². The normalized spacial score (nSPS) is 11.6. The molecule has 0 aromatic carbocycles. The summed E-state index contributed by atoms with van der Waals surface area (Å²) >= 11 is 5.30. The van der Waals surface area contributed by atoms with E-state index in [1.54, 1.807) is 0 Å². The molecule has 0 aliphatic carbocycles. The number of alkyl halides is 3. The minimum Gasteiger partial charge on any atom is -0.300 e. The molecule has 3 nitrogen and oxygen atoms in total. The smallest absolute Gasteiger partial charge is 0.300 e. The zero-order valence-electron chi connectivity index (χ0n) is 8.31. The molecule has 1 heterocycles. The average Bonchev–Trinajstić information content (AvgIpc) is 2.14. The van der Waals surface area contributed by atoms with Gasteiger partial charge in [0.1, 0.15) is 5.78 Å². The van der Waals surface area contributed by atoms with Crippen LogP contribution in [-0.2, 0) is 17.4 Å². The van der Waals surface area contributed by atoms with Crippen LogP contribution >= 0.6 is 11.6 Å². The van der Waals surface area contributed by atoms with Crippen molar-refractivity contribution in [3.8, 4) is 0 Å². The number of hydrogen-bond acceptors (Lipinski definition) is 3. The van der Waals surface area contributed by atoms with Gasteiger partial charge in [-0.1, -0.05) is 0 Å². The summed E-state index contributed by atoms with van der Waals surface area (Å²) in [5.41, 5.74) is -1.19. The minimum absolute atomic E-state index is 0.0219. The molecule has 16 heavy (non-hydrogen) atoms. The summed E-state index contributed by atoms with van der Waals surface area (Å²) in [6, 6.07) is 0. The molecule has 7 heteroatoms. The number of ketones is 1. The molecule has 0 amide bonds. The SMILES string of the molecule is CC(=O)CCc1cnc(Cl)nc1C(F)(F)F. The maximum absolute atomic E-state index is 12.5. The molecule has 0 spiro atoms. The second-order valence-corrected chi connectivity index (χ2v) is 3.55. The number of Topliss-reactive ketones (excluding diaryl/α,β-unsaturated/α-hetero) is 1. The third-order valence-corrected chi connectivity index (χ3v) is 2.03. The molecule has 0 saturated heterocycles. The molecule has 0 aliphatic heterocycles. The van der Waals surface area contributed by atoms with Crippen molar-refractivity contribution in [1.29, 1.82) is 0 Å². The van der Waals surface area contributed by atoms with Crippen LogP contribution in [0, 0.1) is 0 Å². The monoisotopic (exact) mass is 252 g/mol. The fourth-order valence-electron chi connectivity index (χ4n) is 1.12. The van der Waals surface area contributed by atoms with Gasteiger partial charge in [-0.3, -0.25) is 0 Å². The highest BCUT2D eigenvalue weighted by Gasteiger charge is 2.35. The van der Waals surface area contributed by atoms with E-state index in [4.69, 9.17) is 11.6 Å². The van der Waals surface area contributed by atoms with Crippen molar-refractivity contribution in [2.45, 2.75) is 25.9 Å². The zero-order chi connectivity index (χ0) is 12.3. The molecule has 0 saturated carbocycles. The van der Waals surface area contributed by atoms with Gasteiger partial charge in [0.15, 0.2) is 5.69 Å². The standard InChI is InChI=1S/C9H8ClF3N2O/c1-5(16)2-3-6-4-14-8(10)15-7(6)9(11,12)13/h4H,2-3H2,1H3. The van der Waals surface area contributed by atoms with Gasteiger partial charge in [-0.15, -0.1) is 0 Å². The number of rotatable bonds is 3. The number of hydrogen-bond donors (Lipinski definition) is 0. The first-order chi connectivity index (χ1) is 7.30. The Morgan fingerprint density at radius 2 is 2.12 bits per heavy atom. The third kappa shape index (κ3) is 3.44. The van der Waals surface area contributed by atoms with Crippen LogP contribution in [0.15, 0.2) is 6.20 Å². The summed E-state index contributed by atoms with van der Waals surface area (Å²) in [4.78, 5) is 17.3. The van der Waals surface area contributed by atoms with Crippen molar-refractivity contribution < 1.29 is 18.0 Å². The van der Waals surface area contributed by atoms with Gasteiger partial charge in [0.05, 0.1) is 0 Å². The summed E-state index contributed by atoms with van der Waals surface area (Å²) in [6.45, 7) is 1.31. The van der Waals surface area contributed by atoms with Crippen LogP contribution in [0.1, 0.15) is 24.6 Å². The number of carbonyl (C=O) groups excluding carboxylic acids is 1. The van der Waals surface area contributed by atoms with Crippen LogP contribution in [0.5, 0.6) is 0 Å². The molecule has 1 rings (SSSR count). The Kier molecular flexibility index (Phi) is 3.85. The molecule has 0 unspecified atom stereocenters. The lowest BCUT2D eigenvalue weighted by atomic mass is 10.1. The van der Waals surface area contributed by atoms with E-state index < -0.39 is 17.2 Å². The van der Waals surface area contributed by atoms with Gasteiger partial charge in [-0.25, -0.2) is 9.97 Å². The van der Waals surface area contributed by atoms with Crippen LogP contribution < -0.4 is 0 Å². The molecular formula is C9H8ClF3N2O. The summed E-state index contributed by atoms with van der Waals surface area (Å²) in [5.74, 6) is -0.192. The topological polar surface area (TPSA) is 42.9 Å². The lowest BCUT2D eigenvalue weighted by Crippen LogP contribution is -2.13. The molecule has 0 atom stereocenters. The Hall–Kier alpha value is -1.17. The van der Waals surface area contributed by atoms with E-state index in [0.29, 0.717) is 0 Å². The van der Waals surface area contributed by atoms with E-state index in [0.717, 1.165) is 6.20 Å². The third-order valence-electron chi connectivity index (χ3n) is 1.85. The highest BCUT2D eigenvalue weighted by molar-refractivity contribution is 6.28. The molecule has 0 aliphatic rings. The van der Waals surface area contributed by atoms with Gasteiger partial charge in [-0.2, -0.15) is 13.2 Å². The van der Waals surface area contributed by atoms with Gasteiger partial charge in [0.25, 0.3) is 0 Å². The van der Waals surface area contributed by atoms with Crippen LogP contribution in [-0.4, -0.2) is 15.8 Å². The number of nitrogens with zero attached hydrogens (tertiary/aromatic N) is 2. The molecule has 0 N–H and O–H groups in total. The van der Waals surface area contributed by atoms with Crippen LogP contribution in [0.25, 0.3) is 0 Å². The van der Waals surface area contributed by atoms with Crippen molar-refractivity contribution >= 4 is 17.4 Å². The maximum atomic E-state index is 12.5. The van der Waals surface area contributed by atoms with Crippen LogP contribution in [0.2, 0.25) is 5.28 Å². The first-order valence-corrected chi connectivity index (χ1v) is 4.76. The molecule has 1 aromatic rings. The average molecular weight is 253 g/mol. The molecule has 0 radical (unpaired) electrons. The van der Waals surface area contributed by atoms with E-state index in [9.17, 15) is 18.0 Å². The van der Waals surface area contributed by atoms with E-state index in [1.165, 1.54) is 6.92 Å². The lowest BCUT2D eigenvalue weighted by Gasteiger charge is -2.10. The van der Waals surface area contributed by atoms with Gasteiger partial charge in [-0.05, 0) is 24.9 Å². The van der Waals surface area contributed by atoms with Crippen molar-refractivity contribution in [3.05, 3.63) is 22.7 Å². The fraction of sp³-hybridized carbons (Fsp3) is 0.444. The van der Waals surface area contributed by atoms with E-state index in [1.807, 2.05) is 0 Å². The zero-order valence-corrected chi connectivity index (χ0v) is 9.06. The minimum atomic E-state index is -4.58. The summed E-state index contributed by atoms with van der Waals surface area (Å²) in [7, 11) is 0. The van der Waals surface area contributed by atoms with Crippen molar-refractivity contribution in [1.82, 2.24) is 9.97 Å². The highest BCUT2D eigenvalue weighted by Crippen LogP contribution is 2.31. The highest BCUT2D eigenvalue weighted by atomic mass is 35.5. The number of aromatic nitrogens is 2. The van der Waals surface area contributed by atoms with Gasteiger partial charge in [0, 0.05) is 18.2 Å².